The van der Waals surface area contributed by atoms with E-state index in [0.29, 0.717) is 13.1 Å². The molecule has 0 aliphatic heterocycles. The van der Waals surface area contributed by atoms with Crippen LogP contribution >= 0.6 is 15.9 Å². The molecule has 1 atom stereocenters. The third kappa shape index (κ3) is 4.32. The van der Waals surface area contributed by atoms with E-state index in [1.807, 2.05) is 37.4 Å². The normalized spacial score (nSPS) is 12.0. The largest absolute Gasteiger partial charge is 0.496 e. The maximum atomic E-state index is 12.1. The molecule has 0 fully saturated rings. The molecule has 112 valence electrons. The summed E-state index contributed by atoms with van der Waals surface area (Å²) in [6.07, 6.45) is 3.56. The minimum absolute atomic E-state index is 0.00692. The van der Waals surface area contributed by atoms with Gasteiger partial charge < -0.3 is 10.1 Å². The van der Waals surface area contributed by atoms with E-state index in [2.05, 4.69) is 26.3 Å². The molecule has 1 N–H and O–H groups in total. The third-order valence-corrected chi connectivity index (χ3v) is 3.57. The number of carbonyl (C=O) groups is 1. The van der Waals surface area contributed by atoms with Crippen molar-refractivity contribution in [3.63, 3.8) is 0 Å². The highest BCUT2D eigenvalue weighted by molar-refractivity contribution is 9.10. The van der Waals surface area contributed by atoms with Crippen LogP contribution in [0.25, 0.3) is 0 Å². The molecule has 0 saturated carbocycles. The zero-order valence-corrected chi connectivity index (χ0v) is 13.6. The number of methoxy groups -OCH3 is 1. The zero-order valence-electron chi connectivity index (χ0n) is 12.0. The molecule has 6 heteroatoms. The first-order chi connectivity index (χ1) is 10.1. The van der Waals surface area contributed by atoms with E-state index in [9.17, 15) is 4.79 Å². The van der Waals surface area contributed by atoms with Crippen molar-refractivity contribution < 1.29 is 9.53 Å². The summed E-state index contributed by atoms with van der Waals surface area (Å²) in [5, 5.41) is 7.08. The van der Waals surface area contributed by atoms with Gasteiger partial charge in [0, 0.05) is 18.3 Å². The van der Waals surface area contributed by atoms with Gasteiger partial charge in [-0.2, -0.15) is 5.10 Å². The monoisotopic (exact) mass is 351 g/mol. The summed E-state index contributed by atoms with van der Waals surface area (Å²) >= 11 is 3.34. The molecule has 0 bridgehead atoms. The van der Waals surface area contributed by atoms with Gasteiger partial charge in [-0.25, -0.2) is 0 Å². The quantitative estimate of drug-likeness (QED) is 0.870. The van der Waals surface area contributed by atoms with Crippen molar-refractivity contribution in [2.45, 2.75) is 20.0 Å². The van der Waals surface area contributed by atoms with Crippen molar-refractivity contribution in [2.24, 2.45) is 5.92 Å². The lowest BCUT2D eigenvalue weighted by molar-refractivity contribution is -0.125. The van der Waals surface area contributed by atoms with Crippen LogP contribution in [0.4, 0.5) is 0 Å². The van der Waals surface area contributed by atoms with Crippen LogP contribution < -0.4 is 10.1 Å². The molecule has 0 saturated heterocycles. The van der Waals surface area contributed by atoms with E-state index in [4.69, 9.17) is 4.74 Å². The molecule has 1 amide bonds. The number of amides is 1. The summed E-state index contributed by atoms with van der Waals surface area (Å²) < 4.78 is 7.92. The fourth-order valence-electron chi connectivity index (χ4n) is 2.01. The first kappa shape index (κ1) is 15.6. The minimum atomic E-state index is -0.161. The summed E-state index contributed by atoms with van der Waals surface area (Å²) in [4.78, 5) is 12.1. The Morgan fingerprint density at radius 1 is 1.48 bits per heavy atom. The standard InChI is InChI=1S/C15H18BrN3O2/c1-11(9-19-10-13(16)8-18-19)15(20)17-7-12-5-3-4-6-14(12)21-2/h3-6,8,10-11H,7,9H2,1-2H3,(H,17,20). The molecule has 2 aromatic rings. The van der Waals surface area contributed by atoms with E-state index in [1.54, 1.807) is 18.0 Å². The van der Waals surface area contributed by atoms with Crippen LogP contribution in [0.5, 0.6) is 5.75 Å². The number of nitrogens with zero attached hydrogens (tertiary/aromatic N) is 2. The number of aromatic nitrogens is 2. The first-order valence-corrected chi connectivity index (χ1v) is 7.47. The number of halogens is 1. The van der Waals surface area contributed by atoms with Gasteiger partial charge in [-0.05, 0) is 22.0 Å². The number of nitrogens with one attached hydrogen (secondary N) is 1. The maximum Gasteiger partial charge on any atom is 0.224 e. The van der Waals surface area contributed by atoms with E-state index >= 15 is 0 Å². The maximum absolute atomic E-state index is 12.1. The molecule has 1 heterocycles. The second-order valence-corrected chi connectivity index (χ2v) is 5.73. The Morgan fingerprint density at radius 3 is 2.90 bits per heavy atom. The second-order valence-electron chi connectivity index (χ2n) is 4.81. The summed E-state index contributed by atoms with van der Waals surface area (Å²) in [6.45, 7) is 2.88. The Hall–Kier alpha value is -1.82. The highest BCUT2D eigenvalue weighted by atomic mass is 79.9. The minimum Gasteiger partial charge on any atom is -0.496 e. The zero-order chi connectivity index (χ0) is 15.2. The Labute approximate surface area is 132 Å². The SMILES string of the molecule is COc1ccccc1CNC(=O)C(C)Cn1cc(Br)cn1. The molecule has 1 aromatic carbocycles. The van der Waals surface area contributed by atoms with Crippen molar-refractivity contribution in [2.75, 3.05) is 7.11 Å². The van der Waals surface area contributed by atoms with Crippen LogP contribution in [-0.4, -0.2) is 22.8 Å². The predicted molar refractivity (Wildman–Crippen MR) is 83.9 cm³/mol. The van der Waals surface area contributed by atoms with Crippen LogP contribution in [0.2, 0.25) is 0 Å². The fraction of sp³-hybridized carbons (Fsp3) is 0.333. The summed E-state index contributed by atoms with van der Waals surface area (Å²) in [5.41, 5.74) is 0.961. The number of ether oxygens (including phenoxy) is 1. The fourth-order valence-corrected chi connectivity index (χ4v) is 2.34. The van der Waals surface area contributed by atoms with Crippen LogP contribution in [-0.2, 0) is 17.9 Å². The second kappa shape index (κ2) is 7.26. The summed E-state index contributed by atoms with van der Waals surface area (Å²) in [5.74, 6) is 0.612. The number of carbonyl (C=O) groups excluding carboxylic acids is 1. The van der Waals surface area contributed by atoms with Gasteiger partial charge in [0.25, 0.3) is 0 Å². The van der Waals surface area contributed by atoms with Crippen molar-refractivity contribution in [3.05, 3.63) is 46.7 Å². The smallest absolute Gasteiger partial charge is 0.224 e. The van der Waals surface area contributed by atoms with Crippen LogP contribution in [0.15, 0.2) is 41.1 Å². The summed E-state index contributed by atoms with van der Waals surface area (Å²) in [6, 6.07) is 7.65. The lowest BCUT2D eigenvalue weighted by atomic mass is 10.1. The highest BCUT2D eigenvalue weighted by Gasteiger charge is 2.14. The molecule has 0 radical (unpaired) electrons. The van der Waals surface area contributed by atoms with Crippen molar-refractivity contribution >= 4 is 21.8 Å². The molecule has 0 aliphatic carbocycles. The molecule has 2 rings (SSSR count). The number of hydrogen-bond acceptors (Lipinski definition) is 3. The number of benzene rings is 1. The molecule has 5 nitrogen and oxygen atoms in total. The van der Waals surface area contributed by atoms with Gasteiger partial charge in [-0.1, -0.05) is 25.1 Å². The average molecular weight is 352 g/mol. The molecule has 0 aliphatic rings. The van der Waals surface area contributed by atoms with Gasteiger partial charge in [0.1, 0.15) is 5.75 Å². The molecule has 0 spiro atoms. The Kier molecular flexibility index (Phi) is 5.38. The molecular weight excluding hydrogens is 334 g/mol. The molecular formula is C15H18BrN3O2. The van der Waals surface area contributed by atoms with Gasteiger partial charge in [0.15, 0.2) is 0 Å². The highest BCUT2D eigenvalue weighted by Crippen LogP contribution is 2.17. The van der Waals surface area contributed by atoms with Gasteiger partial charge in [-0.15, -0.1) is 0 Å². The first-order valence-electron chi connectivity index (χ1n) is 6.67. The van der Waals surface area contributed by atoms with Crippen LogP contribution in [0, 0.1) is 5.92 Å². The summed E-state index contributed by atoms with van der Waals surface area (Å²) in [7, 11) is 1.62. The topological polar surface area (TPSA) is 56.1 Å². The average Bonchev–Trinajstić information content (AvgIpc) is 2.90. The van der Waals surface area contributed by atoms with Gasteiger partial charge in [-0.3, -0.25) is 9.48 Å². The predicted octanol–water partition coefficient (Wildman–Crippen LogP) is 2.61. The number of rotatable bonds is 6. The molecule has 1 unspecified atom stereocenters. The van der Waals surface area contributed by atoms with E-state index in [-0.39, 0.29) is 11.8 Å². The molecule has 1 aromatic heterocycles. The van der Waals surface area contributed by atoms with E-state index < -0.39 is 0 Å². The van der Waals surface area contributed by atoms with Gasteiger partial charge in [0.2, 0.25) is 5.91 Å². The van der Waals surface area contributed by atoms with Crippen molar-refractivity contribution in [1.29, 1.82) is 0 Å². The van der Waals surface area contributed by atoms with Crippen molar-refractivity contribution in [3.8, 4) is 5.75 Å². The Bertz CT molecular complexity index is 612. The third-order valence-electron chi connectivity index (χ3n) is 3.16. The van der Waals surface area contributed by atoms with Crippen molar-refractivity contribution in [1.82, 2.24) is 15.1 Å². The lowest BCUT2D eigenvalue weighted by Crippen LogP contribution is -2.31. The number of para-hydroxylation sites is 1. The van der Waals surface area contributed by atoms with E-state index in [0.717, 1.165) is 15.8 Å². The Morgan fingerprint density at radius 2 is 2.24 bits per heavy atom. The van der Waals surface area contributed by atoms with Crippen LogP contribution in [0.1, 0.15) is 12.5 Å². The van der Waals surface area contributed by atoms with Gasteiger partial charge in [0.05, 0.1) is 30.2 Å². The van der Waals surface area contributed by atoms with E-state index in [1.165, 1.54) is 0 Å². The van der Waals surface area contributed by atoms with Crippen LogP contribution in [0.3, 0.4) is 0 Å². The lowest BCUT2D eigenvalue weighted by Gasteiger charge is -2.13. The Balaban J connectivity index is 1.89. The van der Waals surface area contributed by atoms with Gasteiger partial charge >= 0.3 is 0 Å². The molecule has 21 heavy (non-hydrogen) atoms. The number of hydrogen-bond donors (Lipinski definition) is 1.